The van der Waals surface area contributed by atoms with Crippen LogP contribution in [-0.2, 0) is 4.79 Å². The van der Waals surface area contributed by atoms with Gasteiger partial charge in [-0.2, -0.15) is 0 Å². The Hall–Kier alpha value is -1.35. The molecular formula is C14H22N2O. The molecular weight excluding hydrogens is 212 g/mol. The summed E-state index contributed by atoms with van der Waals surface area (Å²) in [5, 5.41) is 2.93. The standard InChI is InChI=1S/C14H22N2O/c1-9(2)13(15)14(17)16-11(4)12-7-5-10(3)6-8-12/h5-9,11,13H,15H2,1-4H3,(H,16,17)/t11-,13+/m1/s1. The molecule has 1 aromatic carbocycles. The molecule has 1 amide bonds. The van der Waals surface area contributed by atoms with E-state index in [4.69, 9.17) is 5.73 Å². The van der Waals surface area contributed by atoms with E-state index in [1.165, 1.54) is 5.56 Å². The van der Waals surface area contributed by atoms with Gasteiger partial charge < -0.3 is 11.1 Å². The lowest BCUT2D eigenvalue weighted by molar-refractivity contribution is -0.123. The van der Waals surface area contributed by atoms with Crippen LogP contribution in [0.2, 0.25) is 0 Å². The summed E-state index contributed by atoms with van der Waals surface area (Å²) in [4.78, 5) is 11.8. The fourth-order valence-corrected chi connectivity index (χ4v) is 1.55. The van der Waals surface area contributed by atoms with Crippen molar-refractivity contribution >= 4 is 5.91 Å². The van der Waals surface area contributed by atoms with Gasteiger partial charge in [-0.05, 0) is 25.3 Å². The monoisotopic (exact) mass is 234 g/mol. The van der Waals surface area contributed by atoms with Crippen LogP contribution in [0.1, 0.15) is 37.9 Å². The molecule has 3 N–H and O–H groups in total. The summed E-state index contributed by atoms with van der Waals surface area (Å²) in [7, 11) is 0. The van der Waals surface area contributed by atoms with Crippen LogP contribution in [0.3, 0.4) is 0 Å². The number of carbonyl (C=O) groups excluding carboxylic acids is 1. The van der Waals surface area contributed by atoms with Gasteiger partial charge in [0.1, 0.15) is 0 Å². The van der Waals surface area contributed by atoms with E-state index >= 15 is 0 Å². The molecule has 0 radical (unpaired) electrons. The third kappa shape index (κ3) is 3.86. The molecule has 1 rings (SSSR count). The summed E-state index contributed by atoms with van der Waals surface area (Å²) in [6.45, 7) is 7.90. The maximum Gasteiger partial charge on any atom is 0.237 e. The molecule has 0 heterocycles. The average molecular weight is 234 g/mol. The first kappa shape index (κ1) is 13.7. The van der Waals surface area contributed by atoms with E-state index in [0.717, 1.165) is 5.56 Å². The van der Waals surface area contributed by atoms with Crippen LogP contribution in [0.5, 0.6) is 0 Å². The largest absolute Gasteiger partial charge is 0.348 e. The average Bonchev–Trinajstić information content (AvgIpc) is 2.28. The minimum absolute atomic E-state index is 0.00657. The molecule has 0 unspecified atom stereocenters. The van der Waals surface area contributed by atoms with E-state index in [1.807, 2.05) is 52.0 Å². The Morgan fingerprint density at radius 3 is 2.18 bits per heavy atom. The van der Waals surface area contributed by atoms with Gasteiger partial charge in [-0.25, -0.2) is 0 Å². The first-order valence-corrected chi connectivity index (χ1v) is 6.04. The zero-order chi connectivity index (χ0) is 13.0. The molecule has 17 heavy (non-hydrogen) atoms. The van der Waals surface area contributed by atoms with Gasteiger partial charge in [0.15, 0.2) is 0 Å². The van der Waals surface area contributed by atoms with Crippen LogP contribution in [0.25, 0.3) is 0 Å². The number of hydrogen-bond acceptors (Lipinski definition) is 2. The van der Waals surface area contributed by atoms with Crippen molar-refractivity contribution in [2.45, 2.75) is 39.8 Å². The molecule has 0 saturated carbocycles. The van der Waals surface area contributed by atoms with Crippen molar-refractivity contribution < 1.29 is 4.79 Å². The zero-order valence-corrected chi connectivity index (χ0v) is 11.0. The van der Waals surface area contributed by atoms with Crippen LogP contribution < -0.4 is 11.1 Å². The molecule has 94 valence electrons. The number of amides is 1. The number of nitrogens with one attached hydrogen (secondary N) is 1. The van der Waals surface area contributed by atoms with E-state index in [-0.39, 0.29) is 17.9 Å². The number of aryl methyl sites for hydroxylation is 1. The van der Waals surface area contributed by atoms with E-state index in [9.17, 15) is 4.79 Å². The summed E-state index contributed by atoms with van der Waals surface area (Å²) in [6, 6.07) is 7.69. The number of benzene rings is 1. The molecule has 3 nitrogen and oxygen atoms in total. The second-order valence-corrected chi connectivity index (χ2v) is 4.91. The topological polar surface area (TPSA) is 55.1 Å². The van der Waals surface area contributed by atoms with Gasteiger partial charge in [0.25, 0.3) is 0 Å². The van der Waals surface area contributed by atoms with E-state index < -0.39 is 6.04 Å². The lowest BCUT2D eigenvalue weighted by atomic mass is 10.0. The highest BCUT2D eigenvalue weighted by Crippen LogP contribution is 2.13. The second kappa shape index (κ2) is 5.82. The van der Waals surface area contributed by atoms with E-state index in [1.54, 1.807) is 0 Å². The van der Waals surface area contributed by atoms with Crippen LogP contribution in [0.4, 0.5) is 0 Å². The fourth-order valence-electron chi connectivity index (χ4n) is 1.55. The molecule has 0 aliphatic rings. The van der Waals surface area contributed by atoms with Gasteiger partial charge in [0.05, 0.1) is 12.1 Å². The molecule has 1 aromatic rings. The normalized spacial score (nSPS) is 14.5. The Balaban J connectivity index is 2.63. The molecule has 0 aliphatic carbocycles. The zero-order valence-electron chi connectivity index (χ0n) is 11.0. The Labute approximate surface area is 103 Å². The Morgan fingerprint density at radius 2 is 1.71 bits per heavy atom. The van der Waals surface area contributed by atoms with Crippen molar-refractivity contribution in [1.82, 2.24) is 5.32 Å². The highest BCUT2D eigenvalue weighted by molar-refractivity contribution is 5.82. The van der Waals surface area contributed by atoms with Crippen LogP contribution >= 0.6 is 0 Å². The Bertz CT molecular complexity index is 370. The van der Waals surface area contributed by atoms with Crippen molar-refractivity contribution in [3.63, 3.8) is 0 Å². The fraction of sp³-hybridized carbons (Fsp3) is 0.500. The molecule has 0 spiro atoms. The van der Waals surface area contributed by atoms with Gasteiger partial charge in [-0.3, -0.25) is 4.79 Å². The summed E-state index contributed by atoms with van der Waals surface area (Å²) < 4.78 is 0. The van der Waals surface area contributed by atoms with Gasteiger partial charge in [-0.15, -0.1) is 0 Å². The third-order valence-electron chi connectivity index (χ3n) is 2.96. The van der Waals surface area contributed by atoms with Gasteiger partial charge in [0, 0.05) is 0 Å². The first-order valence-electron chi connectivity index (χ1n) is 6.04. The SMILES string of the molecule is Cc1ccc([C@@H](C)NC(=O)[C@@H](N)C(C)C)cc1. The summed E-state index contributed by atoms with van der Waals surface area (Å²) in [6.07, 6.45) is 0. The third-order valence-corrected chi connectivity index (χ3v) is 2.96. The number of carbonyl (C=O) groups is 1. The predicted octanol–water partition coefficient (Wildman–Crippen LogP) is 2.16. The quantitative estimate of drug-likeness (QED) is 0.838. The first-order chi connectivity index (χ1) is 7.91. The van der Waals surface area contributed by atoms with Crippen LogP contribution in [-0.4, -0.2) is 11.9 Å². The van der Waals surface area contributed by atoms with Gasteiger partial charge in [0.2, 0.25) is 5.91 Å². The predicted molar refractivity (Wildman–Crippen MR) is 70.6 cm³/mol. The minimum atomic E-state index is -0.442. The number of rotatable bonds is 4. The molecule has 3 heteroatoms. The van der Waals surface area contributed by atoms with Crippen LogP contribution in [0, 0.1) is 12.8 Å². The molecule has 0 fully saturated rings. The smallest absolute Gasteiger partial charge is 0.237 e. The van der Waals surface area contributed by atoms with Gasteiger partial charge in [-0.1, -0.05) is 43.7 Å². The van der Waals surface area contributed by atoms with E-state index in [2.05, 4.69) is 5.32 Å². The number of hydrogen-bond donors (Lipinski definition) is 2. The summed E-state index contributed by atoms with van der Waals surface area (Å²) in [5.41, 5.74) is 8.11. The highest BCUT2D eigenvalue weighted by Gasteiger charge is 2.19. The second-order valence-electron chi connectivity index (χ2n) is 4.91. The maximum absolute atomic E-state index is 11.8. The van der Waals surface area contributed by atoms with Crippen LogP contribution in [0.15, 0.2) is 24.3 Å². The summed E-state index contributed by atoms with van der Waals surface area (Å²) in [5.74, 6) is 0.0632. The molecule has 0 aliphatic heterocycles. The van der Waals surface area contributed by atoms with Crippen molar-refractivity contribution in [2.24, 2.45) is 11.7 Å². The van der Waals surface area contributed by atoms with Gasteiger partial charge >= 0.3 is 0 Å². The van der Waals surface area contributed by atoms with Crippen molar-refractivity contribution in [3.8, 4) is 0 Å². The van der Waals surface area contributed by atoms with Crippen molar-refractivity contribution in [3.05, 3.63) is 35.4 Å². The lowest BCUT2D eigenvalue weighted by Gasteiger charge is -2.20. The molecule has 0 bridgehead atoms. The maximum atomic E-state index is 11.8. The molecule has 0 aromatic heterocycles. The van der Waals surface area contributed by atoms with Crippen molar-refractivity contribution in [1.29, 1.82) is 0 Å². The highest BCUT2D eigenvalue weighted by atomic mass is 16.2. The Morgan fingerprint density at radius 1 is 1.18 bits per heavy atom. The van der Waals surface area contributed by atoms with E-state index in [0.29, 0.717) is 0 Å². The lowest BCUT2D eigenvalue weighted by Crippen LogP contribution is -2.44. The number of nitrogens with two attached hydrogens (primary N) is 1. The summed E-state index contributed by atoms with van der Waals surface area (Å²) >= 11 is 0. The molecule has 2 atom stereocenters. The van der Waals surface area contributed by atoms with Crippen molar-refractivity contribution in [2.75, 3.05) is 0 Å². The molecule has 0 saturated heterocycles. The Kier molecular flexibility index (Phi) is 4.70. The minimum Gasteiger partial charge on any atom is -0.348 e.